The predicted octanol–water partition coefficient (Wildman–Crippen LogP) is 6.93. The number of aromatic nitrogens is 3. The van der Waals surface area contributed by atoms with E-state index in [1.165, 1.54) is 5.56 Å². The molecule has 1 heterocycles. The molecule has 0 N–H and O–H groups in total. The Morgan fingerprint density at radius 3 is 2.10 bits per heavy atom. The first kappa shape index (κ1) is 20.8. The third kappa shape index (κ3) is 4.81. The zero-order valence-corrected chi connectivity index (χ0v) is 18.6. The van der Waals surface area contributed by atoms with Crippen LogP contribution in [0.4, 0.5) is 0 Å². The standard InChI is InChI=1S/C23H19Cl2N3OS/c1-2-29-21-13-11-20(12-14-21)28-22(17-5-9-19(25)10-6-17)26-27-23(28)30-15-16-3-7-18(24)8-4-16/h3-14H,2,15H2,1H3. The van der Waals surface area contributed by atoms with Crippen LogP contribution in [0.5, 0.6) is 5.75 Å². The number of ether oxygens (including phenoxy) is 1. The molecular formula is C23H19Cl2N3OS. The fraction of sp³-hybridized carbons (Fsp3) is 0.130. The Balaban J connectivity index is 1.70. The van der Waals surface area contributed by atoms with Gasteiger partial charge in [-0.2, -0.15) is 0 Å². The number of nitrogens with zero attached hydrogens (tertiary/aromatic N) is 3. The molecule has 0 aliphatic rings. The highest BCUT2D eigenvalue weighted by Gasteiger charge is 2.16. The largest absolute Gasteiger partial charge is 0.494 e. The van der Waals surface area contributed by atoms with E-state index < -0.39 is 0 Å². The molecule has 0 atom stereocenters. The van der Waals surface area contributed by atoms with Crippen LogP contribution in [0.2, 0.25) is 10.0 Å². The third-order valence-corrected chi connectivity index (χ3v) is 5.93. The summed E-state index contributed by atoms with van der Waals surface area (Å²) in [5, 5.41) is 11.2. The zero-order chi connectivity index (χ0) is 20.9. The van der Waals surface area contributed by atoms with Crippen molar-refractivity contribution >= 4 is 35.0 Å². The Morgan fingerprint density at radius 2 is 1.47 bits per heavy atom. The normalized spacial score (nSPS) is 10.9. The van der Waals surface area contributed by atoms with E-state index >= 15 is 0 Å². The summed E-state index contributed by atoms with van der Waals surface area (Å²) in [6.45, 7) is 2.60. The summed E-state index contributed by atoms with van der Waals surface area (Å²) >= 11 is 13.7. The Hall–Kier alpha value is -2.47. The lowest BCUT2D eigenvalue weighted by Gasteiger charge is -2.12. The van der Waals surface area contributed by atoms with Crippen molar-refractivity contribution in [1.29, 1.82) is 0 Å². The number of hydrogen-bond acceptors (Lipinski definition) is 4. The molecule has 1 aromatic heterocycles. The predicted molar refractivity (Wildman–Crippen MR) is 124 cm³/mol. The van der Waals surface area contributed by atoms with Crippen molar-refractivity contribution in [3.05, 3.63) is 88.4 Å². The van der Waals surface area contributed by atoms with Gasteiger partial charge in [0.05, 0.1) is 6.61 Å². The molecule has 0 aliphatic heterocycles. The molecule has 4 aromatic rings. The molecule has 0 radical (unpaired) electrons. The quantitative estimate of drug-likeness (QED) is 0.283. The first-order chi connectivity index (χ1) is 14.6. The second-order valence-electron chi connectivity index (χ2n) is 6.49. The van der Waals surface area contributed by atoms with Gasteiger partial charge in [0.2, 0.25) is 0 Å². The summed E-state index contributed by atoms with van der Waals surface area (Å²) in [6.07, 6.45) is 0. The van der Waals surface area contributed by atoms with Gasteiger partial charge in [-0.1, -0.05) is 47.1 Å². The topological polar surface area (TPSA) is 39.9 Å². The van der Waals surface area contributed by atoms with E-state index in [0.717, 1.165) is 38.8 Å². The lowest BCUT2D eigenvalue weighted by atomic mass is 10.2. The summed E-state index contributed by atoms with van der Waals surface area (Å²) in [5.41, 5.74) is 3.07. The summed E-state index contributed by atoms with van der Waals surface area (Å²) < 4.78 is 7.64. The minimum Gasteiger partial charge on any atom is -0.494 e. The van der Waals surface area contributed by atoms with E-state index in [4.69, 9.17) is 27.9 Å². The van der Waals surface area contributed by atoms with Gasteiger partial charge in [-0.05, 0) is 73.2 Å². The SMILES string of the molecule is CCOc1ccc(-n2c(SCc3ccc(Cl)cc3)nnc2-c2ccc(Cl)cc2)cc1. The smallest absolute Gasteiger partial charge is 0.196 e. The summed E-state index contributed by atoms with van der Waals surface area (Å²) in [6, 6.07) is 23.4. The Bertz CT molecular complexity index is 1110. The molecule has 0 saturated carbocycles. The molecule has 3 aromatic carbocycles. The maximum absolute atomic E-state index is 6.07. The van der Waals surface area contributed by atoms with Gasteiger partial charge in [0.1, 0.15) is 5.75 Å². The van der Waals surface area contributed by atoms with Crippen molar-refractivity contribution in [2.24, 2.45) is 0 Å². The van der Waals surface area contributed by atoms with E-state index in [9.17, 15) is 0 Å². The van der Waals surface area contributed by atoms with Gasteiger partial charge in [0, 0.05) is 27.0 Å². The number of hydrogen-bond donors (Lipinski definition) is 0. The molecule has 0 amide bonds. The fourth-order valence-corrected chi connectivity index (χ4v) is 4.13. The number of rotatable bonds is 7. The monoisotopic (exact) mass is 455 g/mol. The molecule has 7 heteroatoms. The Kier molecular flexibility index (Phi) is 6.62. The van der Waals surface area contributed by atoms with Crippen LogP contribution in [0.15, 0.2) is 78.0 Å². The maximum Gasteiger partial charge on any atom is 0.196 e. The average Bonchev–Trinajstić information content (AvgIpc) is 3.18. The zero-order valence-electron chi connectivity index (χ0n) is 16.3. The van der Waals surface area contributed by atoms with Crippen LogP contribution >= 0.6 is 35.0 Å². The average molecular weight is 456 g/mol. The van der Waals surface area contributed by atoms with E-state index in [-0.39, 0.29) is 0 Å². The highest BCUT2D eigenvalue weighted by Crippen LogP contribution is 2.31. The summed E-state index contributed by atoms with van der Waals surface area (Å²) in [5.74, 6) is 2.35. The maximum atomic E-state index is 6.07. The van der Waals surface area contributed by atoms with Gasteiger partial charge in [0.25, 0.3) is 0 Å². The van der Waals surface area contributed by atoms with Crippen molar-refractivity contribution in [3.63, 3.8) is 0 Å². The van der Waals surface area contributed by atoms with Crippen molar-refractivity contribution in [2.45, 2.75) is 17.8 Å². The van der Waals surface area contributed by atoms with Crippen LogP contribution in [0.3, 0.4) is 0 Å². The minimum atomic E-state index is 0.629. The molecular weight excluding hydrogens is 437 g/mol. The molecule has 0 spiro atoms. The van der Waals surface area contributed by atoms with Gasteiger partial charge in [0.15, 0.2) is 11.0 Å². The van der Waals surface area contributed by atoms with E-state index in [1.807, 2.05) is 79.7 Å². The van der Waals surface area contributed by atoms with E-state index in [1.54, 1.807) is 11.8 Å². The molecule has 0 fully saturated rings. The van der Waals surface area contributed by atoms with E-state index in [0.29, 0.717) is 11.6 Å². The van der Waals surface area contributed by atoms with Crippen molar-refractivity contribution in [1.82, 2.24) is 14.8 Å². The molecule has 0 saturated heterocycles. The second-order valence-corrected chi connectivity index (χ2v) is 8.31. The van der Waals surface area contributed by atoms with Crippen molar-refractivity contribution in [2.75, 3.05) is 6.61 Å². The minimum absolute atomic E-state index is 0.629. The van der Waals surface area contributed by atoms with E-state index in [2.05, 4.69) is 14.8 Å². The van der Waals surface area contributed by atoms with Crippen LogP contribution in [0, 0.1) is 0 Å². The Morgan fingerprint density at radius 1 is 0.833 bits per heavy atom. The first-order valence-electron chi connectivity index (χ1n) is 9.46. The molecule has 0 aliphatic carbocycles. The fourth-order valence-electron chi connectivity index (χ4n) is 2.97. The van der Waals surface area contributed by atoms with Crippen LogP contribution in [-0.2, 0) is 5.75 Å². The van der Waals surface area contributed by atoms with Crippen LogP contribution in [-0.4, -0.2) is 21.4 Å². The molecule has 0 bridgehead atoms. The van der Waals surface area contributed by atoms with Crippen molar-refractivity contribution < 1.29 is 4.74 Å². The first-order valence-corrected chi connectivity index (χ1v) is 11.2. The van der Waals surface area contributed by atoms with Gasteiger partial charge in [-0.3, -0.25) is 4.57 Å². The number of benzene rings is 3. The van der Waals surface area contributed by atoms with Crippen molar-refractivity contribution in [3.8, 4) is 22.8 Å². The molecule has 30 heavy (non-hydrogen) atoms. The van der Waals surface area contributed by atoms with Gasteiger partial charge in [-0.25, -0.2) is 0 Å². The lowest BCUT2D eigenvalue weighted by molar-refractivity contribution is 0.340. The van der Waals surface area contributed by atoms with Gasteiger partial charge >= 0.3 is 0 Å². The van der Waals surface area contributed by atoms with Crippen LogP contribution in [0.1, 0.15) is 12.5 Å². The van der Waals surface area contributed by atoms with Gasteiger partial charge in [-0.15, -0.1) is 10.2 Å². The van der Waals surface area contributed by atoms with Gasteiger partial charge < -0.3 is 4.74 Å². The lowest BCUT2D eigenvalue weighted by Crippen LogP contribution is -2.00. The number of halogens is 2. The number of thioether (sulfide) groups is 1. The summed E-state index contributed by atoms with van der Waals surface area (Å²) in [4.78, 5) is 0. The molecule has 4 rings (SSSR count). The molecule has 0 unspecified atom stereocenters. The summed E-state index contributed by atoms with van der Waals surface area (Å²) in [7, 11) is 0. The molecule has 152 valence electrons. The highest BCUT2D eigenvalue weighted by molar-refractivity contribution is 7.98. The van der Waals surface area contributed by atoms with Crippen LogP contribution < -0.4 is 4.74 Å². The Labute approximate surface area is 189 Å². The molecule has 4 nitrogen and oxygen atoms in total. The third-order valence-electron chi connectivity index (χ3n) is 4.42. The van der Waals surface area contributed by atoms with Crippen LogP contribution in [0.25, 0.3) is 17.1 Å². The second kappa shape index (κ2) is 9.56. The highest BCUT2D eigenvalue weighted by atomic mass is 35.5.